The van der Waals surface area contributed by atoms with E-state index in [1.807, 2.05) is 0 Å². The molecule has 0 bridgehead atoms. The predicted octanol–water partition coefficient (Wildman–Crippen LogP) is 4.30. The molecule has 1 aliphatic heterocycles. The summed E-state index contributed by atoms with van der Waals surface area (Å²) in [5.41, 5.74) is 0.865. The van der Waals surface area contributed by atoms with Gasteiger partial charge in [0.25, 0.3) is 16.8 Å². The molecule has 2 aromatic carbocycles. The van der Waals surface area contributed by atoms with Gasteiger partial charge in [-0.15, -0.1) is 0 Å². The number of hydrogen-bond acceptors (Lipinski definition) is 6. The Hall–Kier alpha value is -2.88. The van der Waals surface area contributed by atoms with Crippen LogP contribution in [0.4, 0.5) is 10.5 Å². The summed E-state index contributed by atoms with van der Waals surface area (Å²) in [6.45, 7) is 0.110. The van der Waals surface area contributed by atoms with E-state index >= 15 is 0 Å². The van der Waals surface area contributed by atoms with E-state index in [-0.39, 0.29) is 41.0 Å². The van der Waals surface area contributed by atoms with E-state index in [1.165, 1.54) is 24.3 Å². The molecule has 0 radical (unpaired) electrons. The average molecular weight is 480 g/mol. The van der Waals surface area contributed by atoms with Crippen LogP contribution in [-0.4, -0.2) is 40.0 Å². The van der Waals surface area contributed by atoms with Crippen molar-refractivity contribution in [3.63, 3.8) is 0 Å². The van der Waals surface area contributed by atoms with E-state index in [9.17, 15) is 24.5 Å². The second-order valence-electron chi connectivity index (χ2n) is 6.45. The van der Waals surface area contributed by atoms with Gasteiger partial charge in [-0.2, -0.15) is 0 Å². The second-order valence-corrected chi connectivity index (χ2v) is 8.29. The number of nitrogens with zero attached hydrogens (tertiary/aromatic N) is 2. The van der Waals surface area contributed by atoms with Crippen LogP contribution in [0.3, 0.4) is 0 Å². The molecule has 2 aromatic rings. The third-order valence-electron chi connectivity index (χ3n) is 4.27. The van der Waals surface area contributed by atoms with Crippen LogP contribution in [0.1, 0.15) is 11.1 Å². The molecule has 1 heterocycles. The molecule has 1 aliphatic rings. The van der Waals surface area contributed by atoms with Crippen molar-refractivity contribution in [2.45, 2.75) is 6.42 Å². The molecule has 1 N–H and O–H groups in total. The summed E-state index contributed by atoms with van der Waals surface area (Å²) < 4.78 is 0. The van der Waals surface area contributed by atoms with Gasteiger partial charge in [-0.3, -0.25) is 29.4 Å². The van der Waals surface area contributed by atoms with E-state index in [4.69, 9.17) is 23.2 Å². The van der Waals surface area contributed by atoms with Crippen molar-refractivity contribution >= 4 is 63.8 Å². The molecule has 3 amide bonds. The first kappa shape index (κ1) is 22.8. The predicted molar refractivity (Wildman–Crippen MR) is 119 cm³/mol. The molecule has 0 spiro atoms. The number of hydrogen-bond donors (Lipinski definition) is 1. The van der Waals surface area contributed by atoms with Gasteiger partial charge in [-0.05, 0) is 47.2 Å². The van der Waals surface area contributed by atoms with Crippen LogP contribution in [0.25, 0.3) is 6.08 Å². The summed E-state index contributed by atoms with van der Waals surface area (Å²) in [6.07, 6.45) is 1.54. The highest BCUT2D eigenvalue weighted by Gasteiger charge is 2.34. The maximum atomic E-state index is 12.5. The van der Waals surface area contributed by atoms with Gasteiger partial charge in [0.15, 0.2) is 0 Å². The van der Waals surface area contributed by atoms with Crippen LogP contribution in [0, 0.1) is 10.1 Å². The molecule has 0 unspecified atom stereocenters. The molecule has 0 aromatic heterocycles. The summed E-state index contributed by atoms with van der Waals surface area (Å²) in [4.78, 5) is 48.3. The Morgan fingerprint density at radius 1 is 1.16 bits per heavy atom. The summed E-state index contributed by atoms with van der Waals surface area (Å²) in [6, 6.07) is 11.0. The Bertz CT molecular complexity index is 1090. The third-order valence-corrected chi connectivity index (χ3v) is 5.75. The van der Waals surface area contributed by atoms with Crippen LogP contribution in [0.15, 0.2) is 47.4 Å². The standard InChI is InChI=1S/C20H15Cl2N3O5S/c21-14-4-1-12(2-5-14)11-18(26)23-7-8-24-19(27)17(31-20(24)28)10-13-3-6-15(22)16(9-13)25(29)30/h1-6,9-10H,7-8,11H2,(H,23,26)/b17-10-. The molecule has 31 heavy (non-hydrogen) atoms. The number of nitrogens with one attached hydrogen (secondary N) is 1. The minimum Gasteiger partial charge on any atom is -0.354 e. The van der Waals surface area contributed by atoms with Gasteiger partial charge in [-0.25, -0.2) is 0 Å². The molecule has 3 rings (SSSR count). The lowest BCUT2D eigenvalue weighted by Gasteiger charge is -2.13. The summed E-state index contributed by atoms with van der Waals surface area (Å²) >= 11 is 12.3. The van der Waals surface area contributed by atoms with Gasteiger partial charge < -0.3 is 5.32 Å². The molecule has 0 atom stereocenters. The largest absolute Gasteiger partial charge is 0.354 e. The molecule has 11 heteroatoms. The van der Waals surface area contributed by atoms with Crippen molar-refractivity contribution < 1.29 is 19.3 Å². The summed E-state index contributed by atoms with van der Waals surface area (Å²) in [5.74, 6) is -0.780. The number of carbonyl (C=O) groups excluding carboxylic acids is 3. The lowest BCUT2D eigenvalue weighted by atomic mass is 10.1. The lowest BCUT2D eigenvalue weighted by Crippen LogP contribution is -2.37. The lowest BCUT2D eigenvalue weighted by molar-refractivity contribution is -0.384. The third kappa shape index (κ3) is 5.84. The average Bonchev–Trinajstić information content (AvgIpc) is 2.98. The zero-order chi connectivity index (χ0) is 22.5. The number of amides is 3. The molecular weight excluding hydrogens is 465 g/mol. The number of rotatable bonds is 7. The summed E-state index contributed by atoms with van der Waals surface area (Å²) in [7, 11) is 0. The number of thioether (sulfide) groups is 1. The van der Waals surface area contributed by atoms with E-state index in [0.717, 1.165) is 22.2 Å². The molecule has 1 saturated heterocycles. The Labute approximate surface area is 191 Å². The van der Waals surface area contributed by atoms with E-state index in [2.05, 4.69) is 5.32 Å². The van der Waals surface area contributed by atoms with Crippen molar-refractivity contribution in [3.8, 4) is 0 Å². The van der Waals surface area contributed by atoms with Gasteiger partial charge >= 0.3 is 0 Å². The van der Waals surface area contributed by atoms with E-state index in [0.29, 0.717) is 10.6 Å². The van der Waals surface area contributed by atoms with Crippen molar-refractivity contribution in [1.82, 2.24) is 10.2 Å². The topological polar surface area (TPSA) is 110 Å². The number of carbonyl (C=O) groups is 3. The smallest absolute Gasteiger partial charge is 0.293 e. The molecule has 160 valence electrons. The van der Waals surface area contributed by atoms with Gasteiger partial charge in [0.1, 0.15) is 5.02 Å². The Balaban J connectivity index is 1.58. The van der Waals surface area contributed by atoms with Crippen molar-refractivity contribution in [2.24, 2.45) is 0 Å². The first-order valence-corrected chi connectivity index (χ1v) is 10.5. The Morgan fingerprint density at radius 3 is 2.55 bits per heavy atom. The highest BCUT2D eigenvalue weighted by Crippen LogP contribution is 2.33. The monoisotopic (exact) mass is 479 g/mol. The summed E-state index contributed by atoms with van der Waals surface area (Å²) in [5, 5.41) is 13.7. The van der Waals surface area contributed by atoms with Crippen molar-refractivity contribution in [1.29, 1.82) is 0 Å². The maximum Gasteiger partial charge on any atom is 0.293 e. The fourth-order valence-electron chi connectivity index (χ4n) is 2.76. The van der Waals surface area contributed by atoms with Crippen LogP contribution < -0.4 is 5.32 Å². The van der Waals surface area contributed by atoms with E-state index < -0.39 is 16.1 Å². The molecule has 0 saturated carbocycles. The molecule has 1 fully saturated rings. The molecular formula is C20H15Cl2N3O5S. The number of nitro benzene ring substituents is 1. The van der Waals surface area contributed by atoms with Crippen LogP contribution in [-0.2, 0) is 16.0 Å². The highest BCUT2D eigenvalue weighted by molar-refractivity contribution is 8.18. The Kier molecular flexibility index (Phi) is 7.32. The van der Waals surface area contributed by atoms with Gasteiger partial charge in [0, 0.05) is 24.2 Å². The van der Waals surface area contributed by atoms with Crippen LogP contribution in [0.5, 0.6) is 0 Å². The van der Waals surface area contributed by atoms with Crippen molar-refractivity contribution in [2.75, 3.05) is 13.1 Å². The molecule has 8 nitrogen and oxygen atoms in total. The van der Waals surface area contributed by atoms with Crippen molar-refractivity contribution in [3.05, 3.63) is 78.7 Å². The van der Waals surface area contributed by atoms with Gasteiger partial charge in [0.05, 0.1) is 16.2 Å². The highest BCUT2D eigenvalue weighted by atomic mass is 35.5. The Morgan fingerprint density at radius 2 is 1.87 bits per heavy atom. The second kappa shape index (κ2) is 9.95. The SMILES string of the molecule is O=C(Cc1ccc(Cl)cc1)NCCN1C(=O)S/C(=C\c2ccc(Cl)c([N+](=O)[O-])c2)C1=O. The van der Waals surface area contributed by atoms with E-state index in [1.54, 1.807) is 24.3 Å². The number of imide groups is 1. The van der Waals surface area contributed by atoms with Crippen LogP contribution >= 0.6 is 35.0 Å². The fourth-order valence-corrected chi connectivity index (χ4v) is 3.94. The fraction of sp³-hybridized carbons (Fsp3) is 0.150. The zero-order valence-corrected chi connectivity index (χ0v) is 18.2. The molecule has 0 aliphatic carbocycles. The minimum absolute atomic E-state index is 0.00906. The first-order valence-electron chi connectivity index (χ1n) is 8.95. The number of nitro groups is 1. The number of benzene rings is 2. The minimum atomic E-state index is -0.627. The van der Waals surface area contributed by atoms with Gasteiger partial charge in [0.2, 0.25) is 5.91 Å². The first-order chi connectivity index (χ1) is 14.7. The normalized spacial score (nSPS) is 14.9. The number of halogens is 2. The van der Waals surface area contributed by atoms with Crippen LogP contribution in [0.2, 0.25) is 10.0 Å². The quantitative estimate of drug-likeness (QED) is 0.360. The zero-order valence-electron chi connectivity index (χ0n) is 15.8. The van der Waals surface area contributed by atoms with Gasteiger partial charge in [-0.1, -0.05) is 41.4 Å². The maximum absolute atomic E-state index is 12.5.